The lowest BCUT2D eigenvalue weighted by Crippen LogP contribution is -2.41. The molecule has 5 heteroatoms. The molecule has 2 unspecified atom stereocenters. The molecule has 1 aromatic heterocycles. The predicted octanol–water partition coefficient (Wildman–Crippen LogP) is 3.83. The number of fused-ring (bicyclic) bond motifs is 3. The summed E-state index contributed by atoms with van der Waals surface area (Å²) in [4.78, 5) is 39.2. The van der Waals surface area contributed by atoms with Gasteiger partial charge < -0.3 is 4.42 Å². The summed E-state index contributed by atoms with van der Waals surface area (Å²) in [7, 11) is 0. The molecule has 4 rings (SSSR count). The average Bonchev–Trinajstić information content (AvgIpc) is 3.16. The van der Waals surface area contributed by atoms with Gasteiger partial charge in [-0.05, 0) is 50.6 Å². The van der Waals surface area contributed by atoms with Crippen molar-refractivity contribution in [3.8, 4) is 0 Å². The molecule has 1 heterocycles. The van der Waals surface area contributed by atoms with Crippen LogP contribution in [0.15, 0.2) is 27.5 Å². The van der Waals surface area contributed by atoms with Crippen molar-refractivity contribution in [1.82, 2.24) is 0 Å². The Kier molecular flexibility index (Phi) is 3.64. The Hall–Kier alpha value is -1.88. The Morgan fingerprint density at radius 1 is 1.17 bits per heavy atom. The van der Waals surface area contributed by atoms with E-state index in [1.165, 1.54) is 0 Å². The second-order valence-corrected chi connectivity index (χ2v) is 7.57. The maximum absolute atomic E-state index is 13.1. The molecule has 24 heavy (non-hydrogen) atoms. The summed E-state index contributed by atoms with van der Waals surface area (Å²) in [5.74, 6) is -1.36. The first-order valence-electron chi connectivity index (χ1n) is 8.20. The van der Waals surface area contributed by atoms with Crippen LogP contribution in [0.3, 0.4) is 0 Å². The van der Waals surface area contributed by atoms with Crippen molar-refractivity contribution in [2.45, 2.75) is 31.1 Å². The van der Waals surface area contributed by atoms with E-state index in [0.717, 1.165) is 17.7 Å². The molecule has 124 valence electrons. The number of ketones is 3. The lowest BCUT2D eigenvalue weighted by molar-refractivity contribution is -0.137. The number of rotatable bonds is 3. The number of Topliss-reactive ketones (excluding diaryl/α,β-unsaturated/α-hetero) is 3. The van der Waals surface area contributed by atoms with E-state index in [4.69, 9.17) is 4.42 Å². The molecule has 2 aliphatic carbocycles. The van der Waals surface area contributed by atoms with Gasteiger partial charge in [0.15, 0.2) is 17.3 Å². The minimum atomic E-state index is -1.12. The monoisotopic (exact) mass is 342 g/mol. The molecule has 0 aliphatic heterocycles. The highest BCUT2D eigenvalue weighted by atomic mass is 32.2. The van der Waals surface area contributed by atoms with Crippen molar-refractivity contribution in [3.63, 3.8) is 0 Å². The number of hydrogen-bond donors (Lipinski definition) is 0. The van der Waals surface area contributed by atoms with Gasteiger partial charge in [-0.3, -0.25) is 14.4 Å². The van der Waals surface area contributed by atoms with Gasteiger partial charge in [0.25, 0.3) is 0 Å². The molecule has 2 aliphatic rings. The number of furan rings is 1. The van der Waals surface area contributed by atoms with Gasteiger partial charge in [0.1, 0.15) is 17.3 Å². The smallest absolute Gasteiger partial charge is 0.181 e. The molecule has 0 N–H and O–H groups in total. The minimum Gasteiger partial charge on any atom is -0.460 e. The molecule has 4 nitrogen and oxygen atoms in total. The predicted molar refractivity (Wildman–Crippen MR) is 91.4 cm³/mol. The summed E-state index contributed by atoms with van der Waals surface area (Å²) in [6.07, 6.45) is 4.06. The van der Waals surface area contributed by atoms with E-state index in [9.17, 15) is 14.4 Å². The van der Waals surface area contributed by atoms with Crippen molar-refractivity contribution in [3.05, 3.63) is 29.5 Å². The SMILES string of the molecule is CSc1ccc(C(=O)C2C(=O)C3CCC(C3)C2=O)c2cc(C)oc12. The van der Waals surface area contributed by atoms with E-state index in [1.54, 1.807) is 17.8 Å². The quantitative estimate of drug-likeness (QED) is 0.482. The number of carbonyl (C=O) groups is 3. The Morgan fingerprint density at radius 3 is 2.46 bits per heavy atom. The van der Waals surface area contributed by atoms with E-state index in [-0.39, 0.29) is 29.2 Å². The van der Waals surface area contributed by atoms with Crippen LogP contribution in [-0.4, -0.2) is 23.6 Å². The third kappa shape index (κ3) is 2.18. The van der Waals surface area contributed by atoms with E-state index >= 15 is 0 Å². The Labute approximate surface area is 144 Å². The van der Waals surface area contributed by atoms with Crippen LogP contribution in [0.4, 0.5) is 0 Å². The molecule has 2 saturated carbocycles. The van der Waals surface area contributed by atoms with Gasteiger partial charge in [0, 0.05) is 22.8 Å². The standard InChI is InChI=1S/C19H18O4S/c1-9-7-13-12(5-6-14(24-2)19(13)23-9)18(22)15-16(20)10-3-4-11(8-10)17(15)21/h5-7,10-11,15H,3-4,8H2,1-2H3. The summed E-state index contributed by atoms with van der Waals surface area (Å²) in [6.45, 7) is 1.83. The highest BCUT2D eigenvalue weighted by Gasteiger charge is 2.50. The van der Waals surface area contributed by atoms with Gasteiger partial charge in [-0.1, -0.05) is 0 Å². The first-order chi connectivity index (χ1) is 11.5. The molecule has 0 radical (unpaired) electrons. The summed E-state index contributed by atoms with van der Waals surface area (Å²) < 4.78 is 5.73. The Balaban J connectivity index is 1.81. The maximum Gasteiger partial charge on any atom is 0.181 e. The maximum atomic E-state index is 13.1. The summed E-state index contributed by atoms with van der Waals surface area (Å²) in [5, 5.41) is 0.697. The molecule has 0 amide bonds. The fourth-order valence-electron chi connectivity index (χ4n) is 4.12. The van der Waals surface area contributed by atoms with E-state index in [0.29, 0.717) is 28.7 Å². The molecule has 1 aromatic carbocycles. The summed E-state index contributed by atoms with van der Waals surface area (Å²) in [5.41, 5.74) is 1.08. The number of hydrogen-bond acceptors (Lipinski definition) is 5. The van der Waals surface area contributed by atoms with E-state index in [2.05, 4.69) is 0 Å². The molecular weight excluding hydrogens is 324 g/mol. The summed E-state index contributed by atoms with van der Waals surface area (Å²) in [6, 6.07) is 5.37. The van der Waals surface area contributed by atoms with Gasteiger partial charge in [0.2, 0.25) is 0 Å². The fraction of sp³-hybridized carbons (Fsp3) is 0.421. The van der Waals surface area contributed by atoms with Gasteiger partial charge in [0.05, 0.1) is 4.90 Å². The zero-order valence-electron chi connectivity index (χ0n) is 13.6. The molecule has 2 fully saturated rings. The van der Waals surface area contributed by atoms with Crippen LogP contribution in [0.5, 0.6) is 0 Å². The van der Waals surface area contributed by atoms with Crippen molar-refractivity contribution in [1.29, 1.82) is 0 Å². The van der Waals surface area contributed by atoms with Crippen LogP contribution in [0, 0.1) is 24.7 Å². The summed E-state index contributed by atoms with van der Waals surface area (Å²) >= 11 is 1.54. The molecule has 2 aromatic rings. The van der Waals surface area contributed by atoms with Crippen LogP contribution in [-0.2, 0) is 9.59 Å². The second kappa shape index (κ2) is 5.59. The van der Waals surface area contributed by atoms with Gasteiger partial charge in [-0.25, -0.2) is 0 Å². The third-order valence-electron chi connectivity index (χ3n) is 5.32. The molecule has 2 bridgehead atoms. The lowest BCUT2D eigenvalue weighted by Gasteiger charge is -2.24. The molecule has 2 atom stereocenters. The normalized spacial score (nSPS) is 26.3. The number of carbonyl (C=O) groups excluding carboxylic acids is 3. The van der Waals surface area contributed by atoms with Crippen molar-refractivity contribution >= 4 is 40.1 Å². The lowest BCUT2D eigenvalue weighted by atomic mass is 9.75. The van der Waals surface area contributed by atoms with E-state index < -0.39 is 5.92 Å². The number of thioether (sulfide) groups is 1. The highest BCUT2D eigenvalue weighted by Crippen LogP contribution is 2.42. The first kappa shape index (κ1) is 15.6. The number of aryl methyl sites for hydroxylation is 1. The first-order valence-corrected chi connectivity index (χ1v) is 9.42. The third-order valence-corrected chi connectivity index (χ3v) is 6.09. The topological polar surface area (TPSA) is 64.3 Å². The number of benzene rings is 1. The van der Waals surface area contributed by atoms with Crippen molar-refractivity contribution < 1.29 is 18.8 Å². The van der Waals surface area contributed by atoms with Gasteiger partial charge in [-0.15, -0.1) is 11.8 Å². The van der Waals surface area contributed by atoms with Crippen LogP contribution in [0.2, 0.25) is 0 Å². The molecule has 0 spiro atoms. The Morgan fingerprint density at radius 2 is 1.83 bits per heavy atom. The second-order valence-electron chi connectivity index (χ2n) is 6.72. The van der Waals surface area contributed by atoms with Crippen LogP contribution < -0.4 is 0 Å². The van der Waals surface area contributed by atoms with Crippen molar-refractivity contribution in [2.75, 3.05) is 6.26 Å². The van der Waals surface area contributed by atoms with Crippen LogP contribution in [0.1, 0.15) is 35.4 Å². The fourth-order valence-corrected chi connectivity index (χ4v) is 4.66. The average molecular weight is 342 g/mol. The van der Waals surface area contributed by atoms with Gasteiger partial charge >= 0.3 is 0 Å². The molecular formula is C19H18O4S. The van der Waals surface area contributed by atoms with Gasteiger partial charge in [-0.2, -0.15) is 0 Å². The van der Waals surface area contributed by atoms with Crippen LogP contribution >= 0.6 is 11.8 Å². The minimum absolute atomic E-state index is 0.117. The Bertz CT molecular complexity index is 857. The van der Waals surface area contributed by atoms with Crippen molar-refractivity contribution in [2.24, 2.45) is 17.8 Å². The largest absolute Gasteiger partial charge is 0.460 e. The highest BCUT2D eigenvalue weighted by molar-refractivity contribution is 7.98. The zero-order chi connectivity index (χ0) is 17.0. The van der Waals surface area contributed by atoms with E-state index in [1.807, 2.05) is 25.3 Å². The van der Waals surface area contributed by atoms with Crippen LogP contribution in [0.25, 0.3) is 11.0 Å². The zero-order valence-corrected chi connectivity index (χ0v) is 14.4. The molecule has 0 saturated heterocycles.